The van der Waals surface area contributed by atoms with E-state index < -0.39 is 5.41 Å². The molecule has 1 unspecified atom stereocenters. The van der Waals surface area contributed by atoms with Gasteiger partial charge in [0, 0.05) is 38.8 Å². The fourth-order valence-electron chi connectivity index (χ4n) is 10.7. The average molecular weight is 778 g/mol. The maximum absolute atomic E-state index is 9.67. The SMILES string of the molecule is N#Cc1ccc2c(c1)c1ccccc1n2-c1ccc(-c2ccc3c(c2)-c2cc4c(cc2C(c2ccccc2)N3)-c2ccccc2C42c3ccccc3Oc3ccccc32)cc1. The molecule has 3 heterocycles. The lowest BCUT2D eigenvalue weighted by molar-refractivity contribution is 0.436. The topological polar surface area (TPSA) is 50.0 Å². The van der Waals surface area contributed by atoms with Gasteiger partial charge in [-0.2, -0.15) is 5.26 Å². The van der Waals surface area contributed by atoms with Crippen molar-refractivity contribution < 1.29 is 4.74 Å². The predicted octanol–water partition coefficient (Wildman–Crippen LogP) is 14.0. The number of hydrogen-bond donors (Lipinski definition) is 1. The first kappa shape index (κ1) is 33.8. The highest BCUT2D eigenvalue weighted by atomic mass is 16.5. The zero-order valence-electron chi connectivity index (χ0n) is 32.9. The first-order valence-corrected chi connectivity index (χ1v) is 20.8. The summed E-state index contributed by atoms with van der Waals surface area (Å²) in [6, 6.07) is 74.4. The average Bonchev–Trinajstić information content (AvgIpc) is 3.81. The van der Waals surface area contributed by atoms with Crippen molar-refractivity contribution in [1.29, 1.82) is 5.26 Å². The van der Waals surface area contributed by atoms with Crippen molar-refractivity contribution in [1.82, 2.24) is 4.57 Å². The van der Waals surface area contributed by atoms with Crippen molar-refractivity contribution in [3.8, 4) is 56.6 Å². The molecule has 4 heteroatoms. The third kappa shape index (κ3) is 4.69. The number of fused-ring (bicyclic) bond motifs is 15. The molecule has 0 amide bonds. The summed E-state index contributed by atoms with van der Waals surface area (Å²) in [5.74, 6) is 1.79. The van der Waals surface area contributed by atoms with Gasteiger partial charge in [0.15, 0.2) is 0 Å². The molecule has 0 saturated carbocycles. The van der Waals surface area contributed by atoms with E-state index in [4.69, 9.17) is 4.74 Å². The Labute approximate surface area is 353 Å². The Morgan fingerprint density at radius 3 is 1.95 bits per heavy atom. The van der Waals surface area contributed by atoms with Gasteiger partial charge in [0.1, 0.15) is 11.5 Å². The zero-order chi connectivity index (χ0) is 40.2. The van der Waals surface area contributed by atoms with E-state index in [1.807, 2.05) is 12.1 Å². The smallest absolute Gasteiger partial charge is 0.132 e. The second-order valence-electron chi connectivity index (χ2n) is 16.4. The van der Waals surface area contributed by atoms with Gasteiger partial charge in [0.25, 0.3) is 0 Å². The van der Waals surface area contributed by atoms with Crippen LogP contribution in [0.5, 0.6) is 11.5 Å². The van der Waals surface area contributed by atoms with Crippen LogP contribution in [-0.2, 0) is 5.41 Å². The van der Waals surface area contributed by atoms with Gasteiger partial charge in [0.05, 0.1) is 34.1 Å². The molecule has 1 atom stereocenters. The van der Waals surface area contributed by atoms with E-state index in [0.717, 1.165) is 66.9 Å². The third-order valence-electron chi connectivity index (χ3n) is 13.3. The molecule has 2 aliphatic heterocycles. The highest BCUT2D eigenvalue weighted by Crippen LogP contribution is 2.63. The number of para-hydroxylation sites is 3. The van der Waals surface area contributed by atoms with E-state index >= 15 is 0 Å². The Hall–Kier alpha value is -8.13. The highest BCUT2D eigenvalue weighted by Gasteiger charge is 2.51. The Morgan fingerprint density at radius 1 is 0.492 bits per heavy atom. The van der Waals surface area contributed by atoms with Crippen molar-refractivity contribution in [3.05, 3.63) is 239 Å². The minimum absolute atomic E-state index is 0.0347. The lowest BCUT2D eigenvalue weighted by atomic mass is 9.65. The number of anilines is 1. The predicted molar refractivity (Wildman–Crippen MR) is 246 cm³/mol. The third-order valence-corrected chi connectivity index (χ3v) is 13.3. The van der Waals surface area contributed by atoms with Crippen LogP contribution in [0, 0.1) is 11.3 Å². The second kappa shape index (κ2) is 12.7. The van der Waals surface area contributed by atoms with E-state index in [1.54, 1.807) is 0 Å². The van der Waals surface area contributed by atoms with Crippen LogP contribution < -0.4 is 10.1 Å². The standard InChI is InChI=1S/C57H35N3O/c58-34-35-22-29-53-45(30-35)41-15-5-9-19-52(41)60(53)39-26-23-36(24-27-39)38-25-28-51-44(31-38)42-33-50-43(32-46(42)56(59-51)37-12-2-1-3-13-37)40-14-4-6-16-47(40)57(50)48-17-7-10-20-54(48)61-55-21-11-8-18-49(55)57/h1-33,56,59H. The summed E-state index contributed by atoms with van der Waals surface area (Å²) >= 11 is 0. The summed E-state index contributed by atoms with van der Waals surface area (Å²) in [6.45, 7) is 0. The molecule has 13 rings (SSSR count). The Morgan fingerprint density at radius 2 is 1.16 bits per heavy atom. The normalized spacial score (nSPS) is 14.8. The van der Waals surface area contributed by atoms with Crippen molar-refractivity contribution in [2.45, 2.75) is 11.5 Å². The first-order valence-electron chi connectivity index (χ1n) is 20.8. The van der Waals surface area contributed by atoms with Crippen molar-refractivity contribution in [2.24, 2.45) is 0 Å². The van der Waals surface area contributed by atoms with Gasteiger partial charge in [-0.25, -0.2) is 0 Å². The fourth-order valence-corrected chi connectivity index (χ4v) is 10.7. The van der Waals surface area contributed by atoms with Gasteiger partial charge in [-0.15, -0.1) is 0 Å². The molecule has 9 aromatic carbocycles. The van der Waals surface area contributed by atoms with Gasteiger partial charge in [-0.1, -0.05) is 127 Å². The van der Waals surface area contributed by atoms with Crippen LogP contribution in [0.15, 0.2) is 200 Å². The quantitative estimate of drug-likeness (QED) is 0.194. The van der Waals surface area contributed by atoms with E-state index in [9.17, 15) is 5.26 Å². The minimum Gasteiger partial charge on any atom is -0.457 e. The van der Waals surface area contributed by atoms with E-state index in [-0.39, 0.29) is 6.04 Å². The van der Waals surface area contributed by atoms with Gasteiger partial charge in [0.2, 0.25) is 0 Å². The molecule has 61 heavy (non-hydrogen) atoms. The summed E-state index contributed by atoms with van der Waals surface area (Å²) in [5.41, 5.74) is 19.1. The van der Waals surface area contributed by atoms with E-state index in [0.29, 0.717) is 5.56 Å². The van der Waals surface area contributed by atoms with Gasteiger partial charge in [-0.3, -0.25) is 0 Å². The number of nitrogens with zero attached hydrogens (tertiary/aromatic N) is 2. The molecule has 4 nitrogen and oxygen atoms in total. The summed E-state index contributed by atoms with van der Waals surface area (Å²) in [5, 5.41) is 15.9. The molecule has 1 aliphatic carbocycles. The lowest BCUT2D eigenvalue weighted by Crippen LogP contribution is -2.32. The summed E-state index contributed by atoms with van der Waals surface area (Å²) in [4.78, 5) is 0. The van der Waals surface area contributed by atoms with Crippen LogP contribution in [0.2, 0.25) is 0 Å². The number of aromatic nitrogens is 1. The maximum Gasteiger partial charge on any atom is 0.132 e. The minimum atomic E-state index is -0.559. The van der Waals surface area contributed by atoms with Crippen LogP contribution in [0.1, 0.15) is 45.0 Å². The molecule has 0 radical (unpaired) electrons. The molecule has 0 fully saturated rings. The van der Waals surface area contributed by atoms with E-state index in [1.165, 1.54) is 44.5 Å². The van der Waals surface area contributed by atoms with Crippen molar-refractivity contribution in [2.75, 3.05) is 5.32 Å². The van der Waals surface area contributed by atoms with Crippen LogP contribution >= 0.6 is 0 Å². The zero-order valence-corrected chi connectivity index (χ0v) is 32.9. The molecule has 10 aromatic rings. The Kier molecular flexibility index (Phi) is 7.03. The number of nitrogens with one attached hydrogen (secondary N) is 1. The number of hydrogen-bond acceptors (Lipinski definition) is 3. The van der Waals surface area contributed by atoms with Gasteiger partial charge in [-0.05, 0) is 123 Å². The molecule has 1 aromatic heterocycles. The molecule has 284 valence electrons. The molecule has 3 aliphatic rings. The molecule has 0 bridgehead atoms. The second-order valence-corrected chi connectivity index (χ2v) is 16.4. The summed E-state index contributed by atoms with van der Waals surface area (Å²) in [6.07, 6.45) is 0. The summed E-state index contributed by atoms with van der Waals surface area (Å²) < 4.78 is 8.96. The van der Waals surface area contributed by atoms with Crippen LogP contribution in [0.3, 0.4) is 0 Å². The fraction of sp³-hybridized carbons (Fsp3) is 0.0351. The number of nitriles is 1. The molecule has 0 saturated heterocycles. The van der Waals surface area contributed by atoms with Gasteiger partial charge >= 0.3 is 0 Å². The lowest BCUT2D eigenvalue weighted by Gasteiger charge is -2.40. The highest BCUT2D eigenvalue weighted by molar-refractivity contribution is 6.09. The van der Waals surface area contributed by atoms with Crippen LogP contribution in [-0.4, -0.2) is 4.57 Å². The monoisotopic (exact) mass is 777 g/mol. The van der Waals surface area contributed by atoms with Crippen LogP contribution in [0.25, 0.3) is 60.9 Å². The number of rotatable bonds is 3. The summed E-state index contributed by atoms with van der Waals surface area (Å²) in [7, 11) is 0. The number of benzene rings is 9. The molecular formula is C57H35N3O. The molecule has 1 N–H and O–H groups in total. The number of ether oxygens (including phenoxy) is 1. The van der Waals surface area contributed by atoms with E-state index in [2.05, 4.69) is 204 Å². The molecular weight excluding hydrogens is 743 g/mol. The van der Waals surface area contributed by atoms with Gasteiger partial charge < -0.3 is 14.6 Å². The molecule has 1 spiro atoms. The van der Waals surface area contributed by atoms with Crippen LogP contribution in [0.4, 0.5) is 5.69 Å². The maximum atomic E-state index is 9.67. The van der Waals surface area contributed by atoms with Crippen molar-refractivity contribution in [3.63, 3.8) is 0 Å². The largest absolute Gasteiger partial charge is 0.457 e. The first-order chi connectivity index (χ1) is 30.2. The van der Waals surface area contributed by atoms with Crippen molar-refractivity contribution >= 4 is 27.5 Å². The Balaban J connectivity index is 1.01. The Bertz CT molecular complexity index is 3450.